The largest absolute Gasteiger partial charge is 0.490 e. The summed E-state index contributed by atoms with van der Waals surface area (Å²) in [4.78, 5) is 10.3. The molecule has 0 aliphatic heterocycles. The van der Waals surface area contributed by atoms with E-state index in [1.165, 1.54) is 13.2 Å². The number of hydrogen-bond acceptors (Lipinski definition) is 5. The van der Waals surface area contributed by atoms with Crippen LogP contribution in [0.25, 0.3) is 11.3 Å². The minimum absolute atomic E-state index is 0.0944. The van der Waals surface area contributed by atoms with Crippen molar-refractivity contribution in [2.75, 3.05) is 7.11 Å². The van der Waals surface area contributed by atoms with Crippen LogP contribution >= 0.6 is 0 Å². The predicted molar refractivity (Wildman–Crippen MR) is 55.0 cm³/mol. The van der Waals surface area contributed by atoms with E-state index >= 15 is 0 Å². The highest BCUT2D eigenvalue weighted by atomic mass is 16.6. The summed E-state index contributed by atoms with van der Waals surface area (Å²) in [5, 5.41) is 20.7. The average molecular weight is 220 g/mol. The maximum atomic E-state index is 10.8. The first-order valence-electron chi connectivity index (χ1n) is 4.42. The van der Waals surface area contributed by atoms with Crippen LogP contribution in [0.1, 0.15) is 0 Å². The van der Waals surface area contributed by atoms with E-state index in [1.807, 2.05) is 0 Å². The molecule has 0 aliphatic rings. The lowest BCUT2D eigenvalue weighted by molar-refractivity contribution is -0.385. The Morgan fingerprint density at radius 1 is 1.50 bits per heavy atom. The highest BCUT2D eigenvalue weighted by Crippen LogP contribution is 2.36. The molecular weight excluding hydrogens is 212 g/mol. The van der Waals surface area contributed by atoms with Gasteiger partial charge in [0.1, 0.15) is 5.69 Å². The molecule has 16 heavy (non-hydrogen) atoms. The van der Waals surface area contributed by atoms with Gasteiger partial charge in [-0.05, 0) is 6.07 Å². The number of H-pyrrole nitrogens is 1. The number of nitro benzene ring substituents is 1. The number of nitrogens with zero attached hydrogens (tertiary/aromatic N) is 3. The monoisotopic (exact) mass is 220 g/mol. The van der Waals surface area contributed by atoms with E-state index in [0.29, 0.717) is 11.3 Å². The Morgan fingerprint density at radius 2 is 2.31 bits per heavy atom. The average Bonchev–Trinajstić information content (AvgIpc) is 2.81. The second kappa shape index (κ2) is 3.97. The minimum Gasteiger partial charge on any atom is -0.490 e. The SMILES string of the molecule is COc1c(-c2c[nH]nn2)cccc1[N+](=O)[O-]. The van der Waals surface area contributed by atoms with Gasteiger partial charge in [0, 0.05) is 6.07 Å². The topological polar surface area (TPSA) is 93.9 Å². The summed E-state index contributed by atoms with van der Waals surface area (Å²) < 4.78 is 5.04. The first-order chi connectivity index (χ1) is 7.74. The normalized spacial score (nSPS) is 10.1. The Kier molecular flexibility index (Phi) is 2.50. The lowest BCUT2D eigenvalue weighted by Crippen LogP contribution is -1.95. The third-order valence-corrected chi connectivity index (χ3v) is 2.09. The lowest BCUT2D eigenvalue weighted by Gasteiger charge is -2.05. The number of para-hydroxylation sites is 1. The Morgan fingerprint density at radius 3 is 2.88 bits per heavy atom. The van der Waals surface area contributed by atoms with Gasteiger partial charge in [0.2, 0.25) is 5.75 Å². The fraction of sp³-hybridized carbons (Fsp3) is 0.111. The van der Waals surface area contributed by atoms with E-state index in [9.17, 15) is 10.1 Å². The van der Waals surface area contributed by atoms with Crippen molar-refractivity contribution >= 4 is 5.69 Å². The van der Waals surface area contributed by atoms with Crippen LogP contribution in [0, 0.1) is 10.1 Å². The number of hydrogen-bond donors (Lipinski definition) is 1. The van der Waals surface area contributed by atoms with E-state index < -0.39 is 4.92 Å². The molecular formula is C9H8N4O3. The number of aromatic nitrogens is 3. The minimum atomic E-state index is -0.498. The van der Waals surface area contributed by atoms with Crippen LogP contribution in [-0.2, 0) is 0 Å². The molecule has 0 saturated heterocycles. The summed E-state index contributed by atoms with van der Waals surface area (Å²) in [7, 11) is 1.38. The molecule has 0 saturated carbocycles. The quantitative estimate of drug-likeness (QED) is 0.623. The van der Waals surface area contributed by atoms with Gasteiger partial charge >= 0.3 is 5.69 Å². The molecule has 0 amide bonds. The van der Waals surface area contributed by atoms with Crippen molar-refractivity contribution < 1.29 is 9.66 Å². The van der Waals surface area contributed by atoms with E-state index in [0.717, 1.165) is 0 Å². The molecule has 1 heterocycles. The molecule has 2 aromatic rings. The van der Waals surface area contributed by atoms with Crippen molar-refractivity contribution in [3.05, 3.63) is 34.5 Å². The van der Waals surface area contributed by atoms with E-state index in [1.54, 1.807) is 18.3 Å². The van der Waals surface area contributed by atoms with Gasteiger partial charge in [-0.2, -0.15) is 0 Å². The Balaban J connectivity index is 2.62. The van der Waals surface area contributed by atoms with Gasteiger partial charge in [-0.15, -0.1) is 5.10 Å². The number of ether oxygens (including phenoxy) is 1. The Bertz CT molecular complexity index is 509. The molecule has 82 valence electrons. The van der Waals surface area contributed by atoms with E-state index in [-0.39, 0.29) is 11.4 Å². The maximum absolute atomic E-state index is 10.8. The molecule has 2 rings (SSSR count). The van der Waals surface area contributed by atoms with Crippen molar-refractivity contribution in [3.8, 4) is 17.0 Å². The van der Waals surface area contributed by atoms with Crippen molar-refractivity contribution in [2.45, 2.75) is 0 Å². The molecule has 0 radical (unpaired) electrons. The lowest BCUT2D eigenvalue weighted by atomic mass is 10.1. The summed E-state index contributed by atoms with van der Waals surface area (Å²) in [6, 6.07) is 4.64. The zero-order valence-corrected chi connectivity index (χ0v) is 8.38. The van der Waals surface area contributed by atoms with Gasteiger partial charge in [-0.25, -0.2) is 0 Å². The Hall–Kier alpha value is -2.44. The summed E-state index contributed by atoms with van der Waals surface area (Å²) >= 11 is 0. The zero-order valence-electron chi connectivity index (χ0n) is 8.38. The molecule has 1 aromatic heterocycles. The molecule has 0 aliphatic carbocycles. The maximum Gasteiger partial charge on any atom is 0.311 e. The van der Waals surface area contributed by atoms with Crippen LogP contribution in [0.2, 0.25) is 0 Å². The van der Waals surface area contributed by atoms with Crippen LogP contribution in [0.3, 0.4) is 0 Å². The molecule has 7 nitrogen and oxygen atoms in total. The number of aromatic amines is 1. The number of methoxy groups -OCH3 is 1. The fourth-order valence-corrected chi connectivity index (χ4v) is 1.42. The molecule has 1 N–H and O–H groups in total. The predicted octanol–water partition coefficient (Wildman–Crippen LogP) is 1.39. The molecule has 0 spiro atoms. The van der Waals surface area contributed by atoms with Crippen molar-refractivity contribution in [2.24, 2.45) is 0 Å². The van der Waals surface area contributed by atoms with Gasteiger partial charge in [-0.3, -0.25) is 15.2 Å². The fourth-order valence-electron chi connectivity index (χ4n) is 1.42. The number of benzene rings is 1. The third kappa shape index (κ3) is 1.58. The van der Waals surface area contributed by atoms with Crippen LogP contribution in [-0.4, -0.2) is 27.4 Å². The molecule has 0 bridgehead atoms. The van der Waals surface area contributed by atoms with Gasteiger partial charge < -0.3 is 4.74 Å². The molecule has 0 unspecified atom stereocenters. The van der Waals surface area contributed by atoms with Crippen molar-refractivity contribution in [3.63, 3.8) is 0 Å². The summed E-state index contributed by atoms with van der Waals surface area (Å²) in [5.74, 6) is 0.182. The van der Waals surface area contributed by atoms with E-state index in [2.05, 4.69) is 15.4 Å². The van der Waals surface area contributed by atoms with E-state index in [4.69, 9.17) is 4.74 Å². The zero-order chi connectivity index (χ0) is 11.5. The Labute approximate surface area is 90.2 Å². The van der Waals surface area contributed by atoms with Crippen LogP contribution in [0.15, 0.2) is 24.4 Å². The molecule has 1 aromatic carbocycles. The molecule has 7 heteroatoms. The molecule has 0 atom stereocenters. The van der Waals surface area contributed by atoms with Crippen LogP contribution in [0.5, 0.6) is 5.75 Å². The smallest absolute Gasteiger partial charge is 0.311 e. The first-order valence-corrected chi connectivity index (χ1v) is 4.42. The number of nitro groups is 1. The number of nitrogens with one attached hydrogen (secondary N) is 1. The summed E-state index contributed by atoms with van der Waals surface area (Å²) in [5.41, 5.74) is 0.939. The van der Waals surface area contributed by atoms with Gasteiger partial charge in [0.25, 0.3) is 0 Å². The molecule has 0 fully saturated rings. The van der Waals surface area contributed by atoms with Gasteiger partial charge in [0.05, 0.1) is 23.8 Å². The second-order valence-electron chi connectivity index (χ2n) is 2.97. The van der Waals surface area contributed by atoms with Crippen molar-refractivity contribution in [1.82, 2.24) is 15.4 Å². The van der Waals surface area contributed by atoms with Gasteiger partial charge in [0.15, 0.2) is 0 Å². The van der Waals surface area contributed by atoms with Gasteiger partial charge in [-0.1, -0.05) is 11.3 Å². The number of rotatable bonds is 3. The second-order valence-corrected chi connectivity index (χ2v) is 2.97. The highest BCUT2D eigenvalue weighted by Gasteiger charge is 2.20. The third-order valence-electron chi connectivity index (χ3n) is 2.09. The van der Waals surface area contributed by atoms with Crippen LogP contribution < -0.4 is 4.74 Å². The summed E-state index contributed by atoms with van der Waals surface area (Å²) in [6.45, 7) is 0. The summed E-state index contributed by atoms with van der Waals surface area (Å²) in [6.07, 6.45) is 1.54. The first kappa shape index (κ1) is 10.1. The van der Waals surface area contributed by atoms with Crippen LogP contribution in [0.4, 0.5) is 5.69 Å². The van der Waals surface area contributed by atoms with Crippen molar-refractivity contribution in [1.29, 1.82) is 0 Å². The standard InChI is InChI=1S/C9H8N4O3/c1-16-9-6(7-5-10-12-11-7)3-2-4-8(9)13(14)15/h2-5H,1H3,(H,10,11,12). The highest BCUT2D eigenvalue weighted by molar-refractivity contribution is 5.72.